The quantitative estimate of drug-likeness (QED) is 0.735. The molecule has 0 aromatic heterocycles. The first-order chi connectivity index (χ1) is 11.0. The molecule has 1 amide bonds. The summed E-state index contributed by atoms with van der Waals surface area (Å²) < 4.78 is 38.2. The van der Waals surface area contributed by atoms with Gasteiger partial charge in [0.2, 0.25) is 10.0 Å². The molecule has 24 heavy (non-hydrogen) atoms. The third-order valence-corrected chi connectivity index (χ3v) is 3.57. The number of carboxylic acids is 1. The summed E-state index contributed by atoms with van der Waals surface area (Å²) in [7, 11) is -3.70. The lowest BCUT2D eigenvalue weighted by molar-refractivity contribution is -0.137. The number of carboxylic acid groups (broad SMARTS) is 1. The Labute approximate surface area is 140 Å². The van der Waals surface area contributed by atoms with Crippen LogP contribution < -0.4 is 4.72 Å². The van der Waals surface area contributed by atoms with Crippen molar-refractivity contribution in [3.8, 4) is 0 Å². The van der Waals surface area contributed by atoms with E-state index in [9.17, 15) is 22.4 Å². The van der Waals surface area contributed by atoms with Crippen molar-refractivity contribution in [1.82, 2.24) is 4.90 Å². The number of halogens is 1. The van der Waals surface area contributed by atoms with E-state index in [1.54, 1.807) is 0 Å². The average molecular weight is 360 g/mol. The fourth-order valence-electron chi connectivity index (χ4n) is 2.07. The van der Waals surface area contributed by atoms with Crippen molar-refractivity contribution in [2.75, 3.05) is 24.1 Å². The molecule has 0 heterocycles. The number of carbonyl (C=O) groups is 2. The Morgan fingerprint density at radius 2 is 1.96 bits per heavy atom. The maximum Gasteiger partial charge on any atom is 0.305 e. The van der Waals surface area contributed by atoms with Crippen LogP contribution in [-0.2, 0) is 14.8 Å². The number of hydrogen-bond acceptors (Lipinski definition) is 4. The van der Waals surface area contributed by atoms with Crippen LogP contribution in [0, 0.1) is 11.7 Å². The molecule has 1 aromatic carbocycles. The van der Waals surface area contributed by atoms with Crippen LogP contribution in [0.2, 0.25) is 0 Å². The molecule has 0 fully saturated rings. The largest absolute Gasteiger partial charge is 0.481 e. The van der Waals surface area contributed by atoms with Crippen molar-refractivity contribution in [3.05, 3.63) is 29.6 Å². The summed E-state index contributed by atoms with van der Waals surface area (Å²) in [5.41, 5.74) is -0.250. The van der Waals surface area contributed by atoms with Gasteiger partial charge in [0.15, 0.2) is 0 Å². The summed E-state index contributed by atoms with van der Waals surface area (Å²) in [5.74, 6) is -2.22. The summed E-state index contributed by atoms with van der Waals surface area (Å²) in [6.45, 7) is 4.10. The Morgan fingerprint density at radius 1 is 1.33 bits per heavy atom. The Kier molecular flexibility index (Phi) is 6.70. The van der Waals surface area contributed by atoms with Crippen molar-refractivity contribution in [1.29, 1.82) is 0 Å². The van der Waals surface area contributed by atoms with E-state index in [1.807, 2.05) is 18.6 Å². The van der Waals surface area contributed by atoms with Gasteiger partial charge in [-0.2, -0.15) is 0 Å². The second-order valence-corrected chi connectivity index (χ2v) is 7.61. The molecule has 134 valence electrons. The first-order valence-corrected chi connectivity index (χ1v) is 9.17. The maximum absolute atomic E-state index is 13.7. The number of aliphatic carboxylic acids is 1. The third-order valence-electron chi connectivity index (χ3n) is 2.98. The molecule has 0 unspecified atom stereocenters. The van der Waals surface area contributed by atoms with Crippen LogP contribution in [0.25, 0.3) is 0 Å². The van der Waals surface area contributed by atoms with Gasteiger partial charge in [-0.3, -0.25) is 14.3 Å². The zero-order valence-corrected chi connectivity index (χ0v) is 14.6. The van der Waals surface area contributed by atoms with Gasteiger partial charge in [0.05, 0.1) is 18.4 Å². The third kappa shape index (κ3) is 6.53. The van der Waals surface area contributed by atoms with E-state index in [0.717, 1.165) is 18.4 Å². The predicted molar refractivity (Wildman–Crippen MR) is 87.9 cm³/mol. The lowest BCUT2D eigenvalue weighted by Crippen LogP contribution is -2.36. The van der Waals surface area contributed by atoms with E-state index < -0.39 is 27.7 Å². The number of carbonyl (C=O) groups excluding carboxylic acids is 1. The Bertz CT molecular complexity index is 719. The minimum atomic E-state index is -3.70. The summed E-state index contributed by atoms with van der Waals surface area (Å²) in [6.07, 6.45) is 0.660. The van der Waals surface area contributed by atoms with Gasteiger partial charge in [-0.15, -0.1) is 0 Å². The lowest BCUT2D eigenvalue weighted by atomic mass is 10.1. The minimum absolute atomic E-state index is 0.0125. The molecule has 7 nitrogen and oxygen atoms in total. The van der Waals surface area contributed by atoms with Crippen molar-refractivity contribution >= 4 is 27.6 Å². The minimum Gasteiger partial charge on any atom is -0.481 e. The standard InChI is InChI=1S/C15H21FN2O5S/c1-10(2)9-18(7-6-14(19)20)15(21)11-4-5-12(16)13(8-11)17-24(3,22)23/h4-5,8,10,17H,6-7,9H2,1-3H3,(H,19,20). The number of anilines is 1. The van der Waals surface area contributed by atoms with Gasteiger partial charge in [0.25, 0.3) is 5.91 Å². The van der Waals surface area contributed by atoms with Crippen LogP contribution in [0.15, 0.2) is 18.2 Å². The molecular weight excluding hydrogens is 339 g/mol. The van der Waals surface area contributed by atoms with Crippen LogP contribution in [0.5, 0.6) is 0 Å². The molecule has 0 aliphatic heterocycles. The topological polar surface area (TPSA) is 104 Å². The van der Waals surface area contributed by atoms with Crippen LogP contribution in [-0.4, -0.2) is 49.6 Å². The molecule has 1 rings (SSSR count). The van der Waals surface area contributed by atoms with Crippen LogP contribution in [0.4, 0.5) is 10.1 Å². The molecule has 0 spiro atoms. The van der Waals surface area contributed by atoms with Crippen molar-refractivity contribution in [2.45, 2.75) is 20.3 Å². The van der Waals surface area contributed by atoms with Crippen molar-refractivity contribution < 1.29 is 27.5 Å². The SMILES string of the molecule is CC(C)CN(CCC(=O)O)C(=O)c1ccc(F)c(NS(C)(=O)=O)c1. The number of amides is 1. The van der Waals surface area contributed by atoms with E-state index in [-0.39, 0.29) is 30.1 Å². The molecule has 2 N–H and O–H groups in total. The van der Waals surface area contributed by atoms with Crippen molar-refractivity contribution in [3.63, 3.8) is 0 Å². The lowest BCUT2D eigenvalue weighted by Gasteiger charge is -2.24. The predicted octanol–water partition coefficient (Wildman–Crippen LogP) is 1.77. The highest BCUT2D eigenvalue weighted by molar-refractivity contribution is 7.92. The van der Waals surface area contributed by atoms with Crippen LogP contribution in [0.3, 0.4) is 0 Å². The van der Waals surface area contributed by atoms with Crippen LogP contribution >= 0.6 is 0 Å². The molecule has 9 heteroatoms. The number of rotatable bonds is 8. The smallest absolute Gasteiger partial charge is 0.305 e. The molecule has 0 saturated heterocycles. The number of benzene rings is 1. The highest BCUT2D eigenvalue weighted by Crippen LogP contribution is 2.19. The van der Waals surface area contributed by atoms with Gasteiger partial charge in [0.1, 0.15) is 5.82 Å². The first kappa shape index (κ1) is 19.9. The van der Waals surface area contributed by atoms with E-state index in [0.29, 0.717) is 6.54 Å². The van der Waals surface area contributed by atoms with Gasteiger partial charge in [0, 0.05) is 18.7 Å². The van der Waals surface area contributed by atoms with E-state index in [1.165, 1.54) is 11.0 Å². The summed E-state index contributed by atoms with van der Waals surface area (Å²) >= 11 is 0. The van der Waals surface area contributed by atoms with Gasteiger partial charge in [-0.1, -0.05) is 13.8 Å². The molecule has 1 aromatic rings. The molecule has 0 aliphatic carbocycles. The molecular formula is C15H21FN2O5S. The molecule has 0 saturated carbocycles. The Hall–Kier alpha value is -2.16. The zero-order chi connectivity index (χ0) is 18.5. The highest BCUT2D eigenvalue weighted by atomic mass is 32.2. The summed E-state index contributed by atoms with van der Waals surface area (Å²) in [4.78, 5) is 24.7. The average Bonchev–Trinajstić information content (AvgIpc) is 2.43. The number of hydrogen-bond donors (Lipinski definition) is 2. The second kappa shape index (κ2) is 8.09. The Morgan fingerprint density at radius 3 is 2.46 bits per heavy atom. The summed E-state index contributed by atoms with van der Waals surface area (Å²) in [5, 5.41) is 8.79. The first-order valence-electron chi connectivity index (χ1n) is 7.28. The van der Waals surface area contributed by atoms with E-state index >= 15 is 0 Å². The fourth-order valence-corrected chi connectivity index (χ4v) is 2.62. The van der Waals surface area contributed by atoms with E-state index in [4.69, 9.17) is 5.11 Å². The van der Waals surface area contributed by atoms with Gasteiger partial charge in [-0.05, 0) is 24.1 Å². The molecule has 0 atom stereocenters. The van der Waals surface area contributed by atoms with E-state index in [2.05, 4.69) is 0 Å². The molecule has 0 bridgehead atoms. The normalized spacial score (nSPS) is 11.4. The van der Waals surface area contributed by atoms with Gasteiger partial charge in [-0.25, -0.2) is 12.8 Å². The summed E-state index contributed by atoms with van der Waals surface area (Å²) in [6, 6.07) is 3.33. The molecule has 0 aliphatic rings. The zero-order valence-electron chi connectivity index (χ0n) is 13.7. The Balaban J connectivity index is 3.08. The van der Waals surface area contributed by atoms with Crippen molar-refractivity contribution in [2.24, 2.45) is 5.92 Å². The maximum atomic E-state index is 13.7. The fraction of sp³-hybridized carbons (Fsp3) is 0.467. The number of nitrogens with zero attached hydrogens (tertiary/aromatic N) is 1. The second-order valence-electron chi connectivity index (χ2n) is 5.86. The van der Waals surface area contributed by atoms with Gasteiger partial charge < -0.3 is 10.0 Å². The molecule has 0 radical (unpaired) electrons. The number of nitrogens with one attached hydrogen (secondary N) is 1. The van der Waals surface area contributed by atoms with Crippen LogP contribution in [0.1, 0.15) is 30.6 Å². The monoisotopic (exact) mass is 360 g/mol. The number of sulfonamides is 1. The van der Waals surface area contributed by atoms with Gasteiger partial charge >= 0.3 is 5.97 Å². The highest BCUT2D eigenvalue weighted by Gasteiger charge is 2.20.